The molecular formula is C21H28N4O3. The van der Waals surface area contributed by atoms with Crippen LogP contribution in [0.4, 0.5) is 0 Å². The summed E-state index contributed by atoms with van der Waals surface area (Å²) in [6.07, 6.45) is 4.63. The second kappa shape index (κ2) is 7.37. The average molecular weight is 384 g/mol. The number of aromatic nitrogens is 2. The first-order valence-corrected chi connectivity index (χ1v) is 10.5. The number of amides is 1. The number of hydrogen-bond acceptors (Lipinski definition) is 4. The van der Waals surface area contributed by atoms with Crippen molar-refractivity contribution in [3.63, 3.8) is 0 Å². The van der Waals surface area contributed by atoms with Crippen molar-refractivity contribution in [1.29, 1.82) is 0 Å². The van der Waals surface area contributed by atoms with Gasteiger partial charge in [-0.25, -0.2) is 4.79 Å². The van der Waals surface area contributed by atoms with Crippen molar-refractivity contribution in [3.05, 3.63) is 34.7 Å². The Balaban J connectivity index is 1.21. The van der Waals surface area contributed by atoms with Crippen molar-refractivity contribution in [2.24, 2.45) is 0 Å². The maximum absolute atomic E-state index is 12.6. The number of nitrogens with zero attached hydrogens (tertiary/aromatic N) is 3. The highest BCUT2D eigenvalue weighted by Crippen LogP contribution is 2.28. The smallest absolute Gasteiger partial charge is 0.326 e. The molecule has 1 amide bonds. The Morgan fingerprint density at radius 3 is 2.61 bits per heavy atom. The molecule has 28 heavy (non-hydrogen) atoms. The van der Waals surface area contributed by atoms with E-state index in [1.165, 1.54) is 0 Å². The third kappa shape index (κ3) is 3.16. The Hall–Kier alpha value is -2.12. The SMILES string of the molecule is O=C([C@@H]1CCCO1)N1CC[C@H](N2CCC(n3c(=O)[nH]c4ccccc43)CC2)C1. The largest absolute Gasteiger partial charge is 0.368 e. The highest BCUT2D eigenvalue weighted by Gasteiger charge is 2.36. The molecule has 3 fully saturated rings. The maximum atomic E-state index is 12.6. The molecule has 0 aliphatic carbocycles. The molecular weight excluding hydrogens is 356 g/mol. The number of likely N-dealkylation sites (tertiary alicyclic amines) is 2. The van der Waals surface area contributed by atoms with Crippen LogP contribution in [-0.4, -0.2) is 70.2 Å². The lowest BCUT2D eigenvalue weighted by molar-refractivity contribution is -0.140. The number of ether oxygens (including phenoxy) is 1. The maximum Gasteiger partial charge on any atom is 0.326 e. The van der Waals surface area contributed by atoms with E-state index in [4.69, 9.17) is 4.74 Å². The molecule has 1 aromatic carbocycles. The van der Waals surface area contributed by atoms with Crippen molar-refractivity contribution >= 4 is 16.9 Å². The number of fused-ring (bicyclic) bond motifs is 1. The minimum absolute atomic E-state index is 0.00569. The van der Waals surface area contributed by atoms with Crippen LogP contribution in [-0.2, 0) is 9.53 Å². The van der Waals surface area contributed by atoms with Crippen molar-refractivity contribution in [3.8, 4) is 0 Å². The standard InChI is InChI=1S/C21H28N4O3/c26-20(19-6-3-13-28-19)24-12-9-16(14-24)23-10-7-15(8-11-23)25-18-5-2-1-4-17(18)22-21(25)27/h1-2,4-5,15-16,19H,3,6-14H2,(H,22,27)/t16-,19-/m0/s1. The molecule has 7 nitrogen and oxygen atoms in total. The molecule has 1 N–H and O–H groups in total. The van der Waals surface area contributed by atoms with Crippen molar-refractivity contribution in [1.82, 2.24) is 19.4 Å². The minimum atomic E-state index is -0.210. The predicted octanol–water partition coefficient (Wildman–Crippen LogP) is 1.75. The summed E-state index contributed by atoms with van der Waals surface area (Å²) in [6, 6.07) is 8.59. The van der Waals surface area contributed by atoms with Crippen LogP contribution in [0.3, 0.4) is 0 Å². The molecule has 0 unspecified atom stereocenters. The number of imidazole rings is 1. The summed E-state index contributed by atoms with van der Waals surface area (Å²) >= 11 is 0. The summed E-state index contributed by atoms with van der Waals surface area (Å²) in [7, 11) is 0. The summed E-state index contributed by atoms with van der Waals surface area (Å²) in [5.74, 6) is 0.181. The Bertz CT molecular complexity index is 906. The number of rotatable bonds is 3. The van der Waals surface area contributed by atoms with Gasteiger partial charge in [-0.05, 0) is 44.2 Å². The lowest BCUT2D eigenvalue weighted by atomic mass is 10.0. The minimum Gasteiger partial charge on any atom is -0.368 e. The summed E-state index contributed by atoms with van der Waals surface area (Å²) in [5.41, 5.74) is 1.91. The normalized spacial score (nSPS) is 27.1. The van der Waals surface area contributed by atoms with Crippen LogP contribution in [0.25, 0.3) is 11.0 Å². The van der Waals surface area contributed by atoms with E-state index in [9.17, 15) is 9.59 Å². The molecule has 3 aliphatic heterocycles. The highest BCUT2D eigenvalue weighted by molar-refractivity contribution is 5.81. The van der Waals surface area contributed by atoms with E-state index < -0.39 is 0 Å². The van der Waals surface area contributed by atoms with Crippen LogP contribution in [0.15, 0.2) is 29.1 Å². The molecule has 3 saturated heterocycles. The molecule has 7 heteroatoms. The predicted molar refractivity (Wildman–Crippen MR) is 106 cm³/mol. The lowest BCUT2D eigenvalue weighted by Crippen LogP contribution is -2.45. The molecule has 0 spiro atoms. The lowest BCUT2D eigenvalue weighted by Gasteiger charge is -2.36. The summed E-state index contributed by atoms with van der Waals surface area (Å²) in [5, 5.41) is 0. The van der Waals surface area contributed by atoms with Gasteiger partial charge >= 0.3 is 5.69 Å². The topological polar surface area (TPSA) is 70.6 Å². The fourth-order valence-corrected chi connectivity index (χ4v) is 5.16. The van der Waals surface area contributed by atoms with Gasteiger partial charge in [-0.15, -0.1) is 0 Å². The first-order chi connectivity index (χ1) is 13.7. The second-order valence-corrected chi connectivity index (χ2v) is 8.31. The Morgan fingerprint density at radius 1 is 1.04 bits per heavy atom. The van der Waals surface area contributed by atoms with E-state index in [1.807, 2.05) is 33.7 Å². The van der Waals surface area contributed by atoms with Crippen LogP contribution in [0.2, 0.25) is 0 Å². The van der Waals surface area contributed by atoms with E-state index in [2.05, 4.69) is 9.88 Å². The van der Waals surface area contributed by atoms with Gasteiger partial charge in [-0.3, -0.25) is 14.3 Å². The third-order valence-corrected chi connectivity index (χ3v) is 6.68. The van der Waals surface area contributed by atoms with Crippen molar-refractivity contribution in [2.75, 3.05) is 32.8 Å². The first kappa shape index (κ1) is 17.9. The van der Waals surface area contributed by atoms with Crippen LogP contribution < -0.4 is 5.69 Å². The number of carbonyl (C=O) groups excluding carboxylic acids is 1. The third-order valence-electron chi connectivity index (χ3n) is 6.68. The van der Waals surface area contributed by atoms with Gasteiger partial charge in [0.15, 0.2) is 0 Å². The molecule has 1 aromatic heterocycles. The quantitative estimate of drug-likeness (QED) is 0.875. The number of piperidine rings is 1. The van der Waals surface area contributed by atoms with Gasteiger partial charge < -0.3 is 14.6 Å². The van der Waals surface area contributed by atoms with Gasteiger partial charge in [0.1, 0.15) is 6.10 Å². The number of nitrogens with one attached hydrogen (secondary N) is 1. The number of aromatic amines is 1. The van der Waals surface area contributed by atoms with Gasteiger partial charge in [-0.1, -0.05) is 12.1 Å². The molecule has 4 heterocycles. The summed E-state index contributed by atoms with van der Waals surface area (Å²) in [6.45, 7) is 4.32. The molecule has 2 aromatic rings. The Morgan fingerprint density at radius 2 is 1.82 bits per heavy atom. The number of carbonyl (C=O) groups is 1. The van der Waals surface area contributed by atoms with Crippen LogP contribution in [0, 0.1) is 0 Å². The molecule has 0 saturated carbocycles. The fraction of sp³-hybridized carbons (Fsp3) is 0.619. The first-order valence-electron chi connectivity index (χ1n) is 10.5. The van der Waals surface area contributed by atoms with E-state index in [1.54, 1.807) is 0 Å². The van der Waals surface area contributed by atoms with Crippen molar-refractivity contribution < 1.29 is 9.53 Å². The number of hydrogen-bond donors (Lipinski definition) is 1. The summed E-state index contributed by atoms with van der Waals surface area (Å²) < 4.78 is 7.51. The van der Waals surface area contributed by atoms with Gasteiger partial charge in [0.25, 0.3) is 5.91 Å². The Kier molecular flexibility index (Phi) is 4.72. The van der Waals surface area contributed by atoms with Gasteiger partial charge in [0.2, 0.25) is 0 Å². The van der Waals surface area contributed by atoms with Crippen LogP contribution >= 0.6 is 0 Å². The van der Waals surface area contributed by atoms with Gasteiger partial charge in [-0.2, -0.15) is 0 Å². The molecule has 0 bridgehead atoms. The van der Waals surface area contributed by atoms with Gasteiger partial charge in [0.05, 0.1) is 11.0 Å². The molecule has 3 aliphatic rings. The molecule has 2 atom stereocenters. The zero-order valence-corrected chi connectivity index (χ0v) is 16.2. The average Bonchev–Trinajstić information content (AvgIpc) is 3.47. The van der Waals surface area contributed by atoms with E-state index in [0.29, 0.717) is 12.6 Å². The highest BCUT2D eigenvalue weighted by atomic mass is 16.5. The number of benzene rings is 1. The van der Waals surface area contributed by atoms with Crippen molar-refractivity contribution in [2.45, 2.75) is 50.3 Å². The Labute approximate surface area is 164 Å². The van der Waals surface area contributed by atoms with Crippen LogP contribution in [0.1, 0.15) is 38.1 Å². The van der Waals surface area contributed by atoms with Gasteiger partial charge in [0, 0.05) is 44.9 Å². The monoisotopic (exact) mass is 384 g/mol. The summed E-state index contributed by atoms with van der Waals surface area (Å²) in [4.78, 5) is 32.5. The van der Waals surface area contributed by atoms with E-state index in [-0.39, 0.29) is 23.7 Å². The van der Waals surface area contributed by atoms with E-state index >= 15 is 0 Å². The zero-order valence-electron chi connectivity index (χ0n) is 16.2. The molecule has 0 radical (unpaired) electrons. The molecule has 5 rings (SSSR count). The second-order valence-electron chi connectivity index (χ2n) is 8.31. The fourth-order valence-electron chi connectivity index (χ4n) is 5.16. The van der Waals surface area contributed by atoms with E-state index in [0.717, 1.165) is 69.3 Å². The zero-order chi connectivity index (χ0) is 19.1. The molecule has 150 valence electrons. The number of para-hydroxylation sites is 2. The van der Waals surface area contributed by atoms with Crippen LogP contribution in [0.5, 0.6) is 0 Å². The number of H-pyrrole nitrogens is 1.